The van der Waals surface area contributed by atoms with Gasteiger partial charge in [0.2, 0.25) is 0 Å². The molecule has 0 aliphatic rings. The average Bonchev–Trinajstić information content (AvgIpc) is 2.29. The van der Waals surface area contributed by atoms with Crippen LogP contribution in [-0.4, -0.2) is 23.9 Å². The molecular formula is C11H10Cl2N2O. The first-order chi connectivity index (χ1) is 7.47. The van der Waals surface area contributed by atoms with Crippen LogP contribution in [-0.2, 0) is 0 Å². The van der Waals surface area contributed by atoms with Crippen molar-refractivity contribution in [2.45, 2.75) is 13.0 Å². The lowest BCUT2D eigenvalue weighted by Gasteiger charge is -2.19. The largest absolute Gasteiger partial charge is 0.326 e. The molecule has 1 aromatic rings. The van der Waals surface area contributed by atoms with Gasteiger partial charge < -0.3 is 4.90 Å². The number of carbonyl (C=O) groups excluding carboxylic acids is 1. The second-order valence-electron chi connectivity index (χ2n) is 3.35. The van der Waals surface area contributed by atoms with Crippen molar-refractivity contribution in [1.29, 1.82) is 5.26 Å². The van der Waals surface area contributed by atoms with Crippen molar-refractivity contribution in [3.63, 3.8) is 0 Å². The lowest BCUT2D eigenvalue weighted by molar-refractivity contribution is 0.0773. The lowest BCUT2D eigenvalue weighted by atomic mass is 10.2. The number of halogens is 2. The molecule has 0 saturated heterocycles. The predicted molar refractivity (Wildman–Crippen MR) is 63.6 cm³/mol. The number of hydrogen-bond acceptors (Lipinski definition) is 2. The van der Waals surface area contributed by atoms with Crippen LogP contribution < -0.4 is 0 Å². The van der Waals surface area contributed by atoms with E-state index >= 15 is 0 Å². The minimum absolute atomic E-state index is 0.257. The monoisotopic (exact) mass is 256 g/mol. The van der Waals surface area contributed by atoms with Gasteiger partial charge >= 0.3 is 0 Å². The van der Waals surface area contributed by atoms with E-state index < -0.39 is 6.04 Å². The third-order valence-corrected chi connectivity index (χ3v) is 2.99. The van der Waals surface area contributed by atoms with Gasteiger partial charge in [-0.3, -0.25) is 4.79 Å². The molecule has 0 aromatic heterocycles. The van der Waals surface area contributed by atoms with E-state index in [1.807, 2.05) is 6.07 Å². The number of rotatable bonds is 2. The average molecular weight is 257 g/mol. The highest BCUT2D eigenvalue weighted by atomic mass is 35.5. The minimum atomic E-state index is -0.484. The summed E-state index contributed by atoms with van der Waals surface area (Å²) < 4.78 is 0. The number of hydrogen-bond donors (Lipinski definition) is 0. The fourth-order valence-electron chi connectivity index (χ4n) is 1.10. The summed E-state index contributed by atoms with van der Waals surface area (Å²) in [6.07, 6.45) is 0. The molecular weight excluding hydrogens is 247 g/mol. The Kier molecular flexibility index (Phi) is 4.17. The van der Waals surface area contributed by atoms with E-state index in [-0.39, 0.29) is 5.91 Å². The maximum Gasteiger partial charge on any atom is 0.254 e. The maximum atomic E-state index is 11.9. The zero-order valence-corrected chi connectivity index (χ0v) is 10.4. The highest BCUT2D eigenvalue weighted by molar-refractivity contribution is 6.42. The number of benzene rings is 1. The summed E-state index contributed by atoms with van der Waals surface area (Å²) in [6, 6.07) is 6.13. The van der Waals surface area contributed by atoms with Crippen LogP contribution in [0.25, 0.3) is 0 Å². The number of amides is 1. The molecule has 1 rings (SSSR count). The topological polar surface area (TPSA) is 44.1 Å². The molecule has 84 valence electrons. The van der Waals surface area contributed by atoms with Gasteiger partial charge in [0.15, 0.2) is 0 Å². The van der Waals surface area contributed by atoms with Crippen LogP contribution >= 0.6 is 23.2 Å². The Labute approximate surface area is 104 Å². The van der Waals surface area contributed by atoms with Crippen molar-refractivity contribution in [3.8, 4) is 6.07 Å². The van der Waals surface area contributed by atoms with Crippen molar-refractivity contribution in [2.75, 3.05) is 7.05 Å². The number of carbonyl (C=O) groups is 1. The molecule has 1 amide bonds. The van der Waals surface area contributed by atoms with E-state index in [2.05, 4.69) is 0 Å². The van der Waals surface area contributed by atoms with Crippen LogP contribution in [0.1, 0.15) is 17.3 Å². The zero-order chi connectivity index (χ0) is 12.3. The first kappa shape index (κ1) is 12.8. The van der Waals surface area contributed by atoms with Gasteiger partial charge in [-0.05, 0) is 25.1 Å². The van der Waals surface area contributed by atoms with Gasteiger partial charge in [0.05, 0.1) is 16.1 Å². The van der Waals surface area contributed by atoms with Gasteiger partial charge in [-0.15, -0.1) is 0 Å². The highest BCUT2D eigenvalue weighted by Gasteiger charge is 2.17. The molecule has 0 saturated carbocycles. The number of nitrogens with zero attached hydrogens (tertiary/aromatic N) is 2. The molecule has 0 aliphatic carbocycles. The summed E-state index contributed by atoms with van der Waals surface area (Å²) in [7, 11) is 1.57. The van der Waals surface area contributed by atoms with Crippen LogP contribution in [0.15, 0.2) is 18.2 Å². The van der Waals surface area contributed by atoms with Crippen molar-refractivity contribution in [2.24, 2.45) is 0 Å². The Morgan fingerprint density at radius 1 is 1.44 bits per heavy atom. The van der Waals surface area contributed by atoms with Gasteiger partial charge in [-0.25, -0.2) is 0 Å². The molecule has 0 N–H and O–H groups in total. The van der Waals surface area contributed by atoms with E-state index in [1.54, 1.807) is 26.1 Å². The van der Waals surface area contributed by atoms with Crippen LogP contribution in [0.3, 0.4) is 0 Å². The van der Waals surface area contributed by atoms with Crippen LogP contribution in [0.5, 0.6) is 0 Å². The molecule has 1 atom stereocenters. The quantitative estimate of drug-likeness (QED) is 0.817. The van der Waals surface area contributed by atoms with Gasteiger partial charge in [0.1, 0.15) is 6.04 Å². The van der Waals surface area contributed by atoms with E-state index in [9.17, 15) is 4.79 Å². The third kappa shape index (κ3) is 2.66. The molecule has 0 heterocycles. The van der Waals surface area contributed by atoms with Gasteiger partial charge in [-0.1, -0.05) is 23.2 Å². The summed E-state index contributed by atoms with van der Waals surface area (Å²) >= 11 is 11.6. The van der Waals surface area contributed by atoms with E-state index in [0.717, 1.165) is 0 Å². The first-order valence-electron chi connectivity index (χ1n) is 4.59. The predicted octanol–water partition coefficient (Wildman–Crippen LogP) is 2.98. The fourth-order valence-corrected chi connectivity index (χ4v) is 1.39. The smallest absolute Gasteiger partial charge is 0.254 e. The summed E-state index contributed by atoms with van der Waals surface area (Å²) in [5.41, 5.74) is 0.416. The van der Waals surface area contributed by atoms with Crippen molar-refractivity contribution in [3.05, 3.63) is 33.8 Å². The summed E-state index contributed by atoms with van der Waals surface area (Å²) in [6.45, 7) is 1.65. The molecule has 16 heavy (non-hydrogen) atoms. The van der Waals surface area contributed by atoms with E-state index in [0.29, 0.717) is 15.6 Å². The molecule has 0 spiro atoms. The standard InChI is InChI=1S/C11H10Cl2N2O/c1-7(6-14)15(2)11(16)8-3-4-9(12)10(13)5-8/h3-5,7H,1-2H3. The number of nitriles is 1. The van der Waals surface area contributed by atoms with Crippen LogP contribution in [0.4, 0.5) is 0 Å². The van der Waals surface area contributed by atoms with Gasteiger partial charge in [-0.2, -0.15) is 5.26 Å². The normalized spacial score (nSPS) is 11.7. The van der Waals surface area contributed by atoms with E-state index in [1.165, 1.54) is 11.0 Å². The fraction of sp³-hybridized carbons (Fsp3) is 0.273. The molecule has 1 unspecified atom stereocenters. The van der Waals surface area contributed by atoms with Crippen molar-refractivity contribution >= 4 is 29.1 Å². The van der Waals surface area contributed by atoms with Gasteiger partial charge in [0, 0.05) is 12.6 Å². The molecule has 0 aliphatic heterocycles. The minimum Gasteiger partial charge on any atom is -0.326 e. The Bertz CT molecular complexity index is 454. The molecule has 3 nitrogen and oxygen atoms in total. The summed E-state index contributed by atoms with van der Waals surface area (Å²) in [5.74, 6) is -0.257. The van der Waals surface area contributed by atoms with Crippen LogP contribution in [0.2, 0.25) is 10.0 Å². The Morgan fingerprint density at radius 3 is 2.56 bits per heavy atom. The summed E-state index contributed by atoms with van der Waals surface area (Å²) in [5, 5.41) is 9.43. The highest BCUT2D eigenvalue weighted by Crippen LogP contribution is 2.23. The molecule has 5 heteroatoms. The van der Waals surface area contributed by atoms with Gasteiger partial charge in [0.25, 0.3) is 5.91 Å². The molecule has 0 radical (unpaired) electrons. The first-order valence-corrected chi connectivity index (χ1v) is 5.34. The maximum absolute atomic E-state index is 11.9. The lowest BCUT2D eigenvalue weighted by Crippen LogP contribution is -2.33. The summed E-state index contributed by atoms with van der Waals surface area (Å²) in [4.78, 5) is 13.2. The Balaban J connectivity index is 2.98. The van der Waals surface area contributed by atoms with E-state index in [4.69, 9.17) is 28.5 Å². The Morgan fingerprint density at radius 2 is 2.06 bits per heavy atom. The van der Waals surface area contributed by atoms with Crippen LogP contribution in [0, 0.1) is 11.3 Å². The molecule has 1 aromatic carbocycles. The van der Waals surface area contributed by atoms with Crippen molar-refractivity contribution < 1.29 is 4.79 Å². The second kappa shape index (κ2) is 5.20. The molecule has 0 bridgehead atoms. The molecule has 0 fully saturated rings. The van der Waals surface area contributed by atoms with Crippen molar-refractivity contribution in [1.82, 2.24) is 4.90 Å². The SMILES string of the molecule is CC(C#N)N(C)C(=O)c1ccc(Cl)c(Cl)c1. The Hall–Kier alpha value is -1.24. The second-order valence-corrected chi connectivity index (χ2v) is 4.16. The zero-order valence-electron chi connectivity index (χ0n) is 8.87. The third-order valence-electron chi connectivity index (χ3n) is 2.25.